The molecule has 5 heteroatoms. The minimum atomic E-state index is -0.0263. The van der Waals surface area contributed by atoms with Crippen molar-refractivity contribution in [3.05, 3.63) is 18.3 Å². The summed E-state index contributed by atoms with van der Waals surface area (Å²) < 4.78 is 0. The number of hydrogen-bond acceptors (Lipinski definition) is 4. The van der Waals surface area contributed by atoms with Gasteiger partial charge in [0, 0.05) is 26.7 Å². The van der Waals surface area contributed by atoms with Crippen molar-refractivity contribution in [1.82, 2.24) is 4.98 Å². The normalized spacial score (nSPS) is 9.94. The molecule has 0 fully saturated rings. The number of amides is 1. The molecule has 1 amide bonds. The van der Waals surface area contributed by atoms with Gasteiger partial charge in [0.25, 0.3) is 0 Å². The second-order valence-corrected chi connectivity index (χ2v) is 3.71. The molecule has 88 valence electrons. The van der Waals surface area contributed by atoms with Gasteiger partial charge in [0.05, 0.1) is 5.69 Å². The maximum Gasteiger partial charge on any atom is 0.224 e. The molecule has 0 atom stereocenters. The van der Waals surface area contributed by atoms with Gasteiger partial charge in [-0.05, 0) is 25.1 Å². The lowest BCUT2D eigenvalue weighted by atomic mass is 10.3. The smallest absolute Gasteiger partial charge is 0.224 e. The fourth-order valence-corrected chi connectivity index (χ4v) is 1.33. The van der Waals surface area contributed by atoms with Crippen LogP contribution in [0.25, 0.3) is 0 Å². The molecule has 0 aromatic carbocycles. The molecular formula is C11H18N4O. The molecule has 0 aliphatic carbocycles. The Morgan fingerprint density at radius 1 is 1.56 bits per heavy atom. The van der Waals surface area contributed by atoms with Crippen LogP contribution in [0.5, 0.6) is 0 Å². The van der Waals surface area contributed by atoms with Crippen molar-refractivity contribution in [2.45, 2.75) is 12.8 Å². The van der Waals surface area contributed by atoms with Gasteiger partial charge < -0.3 is 16.0 Å². The van der Waals surface area contributed by atoms with Gasteiger partial charge in [0.15, 0.2) is 5.82 Å². The van der Waals surface area contributed by atoms with Crippen molar-refractivity contribution >= 4 is 17.4 Å². The summed E-state index contributed by atoms with van der Waals surface area (Å²) in [6.07, 6.45) is 2.84. The van der Waals surface area contributed by atoms with E-state index in [1.54, 1.807) is 12.3 Å². The van der Waals surface area contributed by atoms with Gasteiger partial charge in [0.2, 0.25) is 5.91 Å². The molecular weight excluding hydrogens is 204 g/mol. The molecule has 1 rings (SSSR count). The number of carbonyl (C=O) groups is 1. The second kappa shape index (κ2) is 6.07. The maximum absolute atomic E-state index is 11.5. The largest absolute Gasteiger partial charge is 0.361 e. The highest BCUT2D eigenvalue weighted by molar-refractivity contribution is 5.93. The Labute approximate surface area is 95.7 Å². The van der Waals surface area contributed by atoms with E-state index < -0.39 is 0 Å². The zero-order valence-corrected chi connectivity index (χ0v) is 9.73. The first kappa shape index (κ1) is 12.4. The fourth-order valence-electron chi connectivity index (χ4n) is 1.33. The highest BCUT2D eigenvalue weighted by Crippen LogP contribution is 2.20. The quantitative estimate of drug-likeness (QED) is 0.774. The van der Waals surface area contributed by atoms with Crippen LogP contribution in [0.2, 0.25) is 0 Å². The minimum Gasteiger partial charge on any atom is -0.361 e. The number of nitrogens with one attached hydrogen (secondary N) is 1. The van der Waals surface area contributed by atoms with Gasteiger partial charge in [0.1, 0.15) is 0 Å². The van der Waals surface area contributed by atoms with E-state index in [0.717, 1.165) is 11.5 Å². The zero-order valence-electron chi connectivity index (χ0n) is 9.73. The Morgan fingerprint density at radius 2 is 2.31 bits per heavy atom. The predicted molar refractivity (Wildman–Crippen MR) is 65.5 cm³/mol. The van der Waals surface area contributed by atoms with E-state index in [-0.39, 0.29) is 5.91 Å². The third kappa shape index (κ3) is 3.51. The number of hydrogen-bond donors (Lipinski definition) is 2. The van der Waals surface area contributed by atoms with Crippen LogP contribution in [0.1, 0.15) is 12.8 Å². The molecule has 0 radical (unpaired) electrons. The van der Waals surface area contributed by atoms with E-state index in [9.17, 15) is 4.79 Å². The predicted octanol–water partition coefficient (Wildman–Crippen LogP) is 0.825. The Kier molecular flexibility index (Phi) is 4.72. The Balaban J connectivity index is 2.69. The lowest BCUT2D eigenvalue weighted by Crippen LogP contribution is -2.18. The van der Waals surface area contributed by atoms with Crippen LogP contribution in [0.4, 0.5) is 11.5 Å². The highest BCUT2D eigenvalue weighted by Gasteiger charge is 2.08. The SMILES string of the molecule is CN(C)c1ncccc1NC(=O)CCCN. The van der Waals surface area contributed by atoms with E-state index in [4.69, 9.17) is 5.73 Å². The number of rotatable bonds is 5. The molecule has 0 saturated carbocycles. The molecule has 3 N–H and O–H groups in total. The van der Waals surface area contributed by atoms with Gasteiger partial charge in [-0.1, -0.05) is 0 Å². The maximum atomic E-state index is 11.5. The monoisotopic (exact) mass is 222 g/mol. The molecule has 0 unspecified atom stereocenters. The first-order valence-corrected chi connectivity index (χ1v) is 5.27. The molecule has 0 saturated heterocycles. The van der Waals surface area contributed by atoms with Crippen LogP contribution in [-0.4, -0.2) is 31.5 Å². The molecule has 16 heavy (non-hydrogen) atoms. The average Bonchev–Trinajstić information content (AvgIpc) is 2.27. The first-order chi connectivity index (χ1) is 7.65. The molecule has 5 nitrogen and oxygen atoms in total. The number of nitrogens with two attached hydrogens (primary N) is 1. The summed E-state index contributed by atoms with van der Waals surface area (Å²) in [7, 11) is 3.77. The molecule has 1 aromatic rings. The minimum absolute atomic E-state index is 0.0263. The summed E-state index contributed by atoms with van der Waals surface area (Å²) in [5, 5.41) is 2.83. The van der Waals surface area contributed by atoms with Crippen molar-refractivity contribution < 1.29 is 4.79 Å². The van der Waals surface area contributed by atoms with E-state index in [1.807, 2.05) is 25.1 Å². The summed E-state index contributed by atoms with van der Waals surface area (Å²) in [6, 6.07) is 3.63. The third-order valence-corrected chi connectivity index (χ3v) is 2.09. The van der Waals surface area contributed by atoms with Crippen LogP contribution < -0.4 is 16.0 Å². The molecule has 0 aliphatic rings. The molecule has 1 heterocycles. The lowest BCUT2D eigenvalue weighted by molar-refractivity contribution is -0.116. The van der Waals surface area contributed by atoms with Crippen molar-refractivity contribution in [3.63, 3.8) is 0 Å². The second-order valence-electron chi connectivity index (χ2n) is 3.71. The van der Waals surface area contributed by atoms with Crippen molar-refractivity contribution in [2.24, 2.45) is 5.73 Å². The van der Waals surface area contributed by atoms with E-state index in [2.05, 4.69) is 10.3 Å². The number of nitrogens with zero attached hydrogens (tertiary/aromatic N) is 2. The van der Waals surface area contributed by atoms with E-state index >= 15 is 0 Å². The van der Waals surface area contributed by atoms with Crippen LogP contribution in [0.15, 0.2) is 18.3 Å². The number of carbonyl (C=O) groups excluding carboxylic acids is 1. The standard InChI is InChI=1S/C11H18N4O/c1-15(2)11-9(5-4-8-13-11)14-10(16)6-3-7-12/h4-5,8H,3,6-7,12H2,1-2H3,(H,14,16). The molecule has 0 aliphatic heterocycles. The van der Waals surface area contributed by atoms with Gasteiger partial charge in [-0.2, -0.15) is 0 Å². The van der Waals surface area contributed by atoms with Gasteiger partial charge in [-0.25, -0.2) is 4.98 Å². The Morgan fingerprint density at radius 3 is 2.94 bits per heavy atom. The van der Waals surface area contributed by atoms with E-state index in [0.29, 0.717) is 19.4 Å². The van der Waals surface area contributed by atoms with Crippen LogP contribution in [-0.2, 0) is 4.79 Å². The summed E-state index contributed by atoms with van der Waals surface area (Å²) >= 11 is 0. The van der Waals surface area contributed by atoms with Crippen molar-refractivity contribution in [1.29, 1.82) is 0 Å². The average molecular weight is 222 g/mol. The number of aromatic nitrogens is 1. The van der Waals surface area contributed by atoms with Crippen molar-refractivity contribution in [2.75, 3.05) is 30.9 Å². The summed E-state index contributed by atoms with van der Waals surface area (Å²) in [5.74, 6) is 0.727. The Hall–Kier alpha value is -1.62. The van der Waals surface area contributed by atoms with E-state index in [1.165, 1.54) is 0 Å². The number of anilines is 2. The highest BCUT2D eigenvalue weighted by atomic mass is 16.1. The summed E-state index contributed by atoms with van der Waals surface area (Å²) in [5.41, 5.74) is 6.08. The summed E-state index contributed by atoms with van der Waals surface area (Å²) in [4.78, 5) is 17.6. The van der Waals surface area contributed by atoms with Crippen LogP contribution >= 0.6 is 0 Å². The van der Waals surface area contributed by atoms with Crippen molar-refractivity contribution in [3.8, 4) is 0 Å². The van der Waals surface area contributed by atoms with Gasteiger partial charge >= 0.3 is 0 Å². The van der Waals surface area contributed by atoms with Gasteiger partial charge in [-0.3, -0.25) is 4.79 Å². The third-order valence-electron chi connectivity index (χ3n) is 2.09. The first-order valence-electron chi connectivity index (χ1n) is 5.27. The molecule has 0 bridgehead atoms. The fraction of sp³-hybridized carbons (Fsp3) is 0.455. The lowest BCUT2D eigenvalue weighted by Gasteiger charge is -2.16. The molecule has 0 spiro atoms. The zero-order chi connectivity index (χ0) is 12.0. The van der Waals surface area contributed by atoms with Crippen LogP contribution in [0.3, 0.4) is 0 Å². The molecule has 1 aromatic heterocycles. The Bertz CT molecular complexity index is 352. The van der Waals surface area contributed by atoms with Gasteiger partial charge in [-0.15, -0.1) is 0 Å². The van der Waals surface area contributed by atoms with Crippen LogP contribution in [0, 0.1) is 0 Å². The number of pyridine rings is 1. The summed E-state index contributed by atoms with van der Waals surface area (Å²) in [6.45, 7) is 0.529. The topological polar surface area (TPSA) is 71.2 Å².